The Morgan fingerprint density at radius 1 is 1.48 bits per heavy atom. The molecule has 0 saturated carbocycles. The van der Waals surface area contributed by atoms with Crippen molar-refractivity contribution in [3.63, 3.8) is 0 Å². The maximum atomic E-state index is 12.0. The topological polar surface area (TPSA) is 61.8 Å². The molecule has 116 valence electrons. The van der Waals surface area contributed by atoms with Crippen LogP contribution in [-0.2, 0) is 11.3 Å². The number of rotatable bonds is 5. The minimum Gasteiger partial charge on any atom is -0.496 e. The summed E-state index contributed by atoms with van der Waals surface area (Å²) in [4.78, 5) is 14.0. The fraction of sp³-hybridized carbons (Fsp3) is 0.533. The van der Waals surface area contributed by atoms with E-state index in [1.807, 2.05) is 0 Å². The van der Waals surface area contributed by atoms with Gasteiger partial charge in [0.15, 0.2) is 0 Å². The molecular weight excluding hydrogens is 292 g/mol. The summed E-state index contributed by atoms with van der Waals surface area (Å²) in [6.45, 7) is 2.26. The molecular formula is C15H21ClN2O3. The van der Waals surface area contributed by atoms with Gasteiger partial charge in [-0.2, -0.15) is 0 Å². The first-order valence-corrected chi connectivity index (χ1v) is 7.46. The second kappa shape index (κ2) is 7.64. The highest BCUT2D eigenvalue weighted by atomic mass is 35.5. The fourth-order valence-corrected chi connectivity index (χ4v) is 2.61. The summed E-state index contributed by atoms with van der Waals surface area (Å²) in [5, 5.41) is 12.9. The number of aliphatic hydroxyl groups is 1. The summed E-state index contributed by atoms with van der Waals surface area (Å²) in [6, 6.07) is 5.33. The van der Waals surface area contributed by atoms with Crippen LogP contribution in [-0.4, -0.2) is 48.8 Å². The molecule has 6 heteroatoms. The zero-order valence-electron chi connectivity index (χ0n) is 12.1. The molecule has 0 bridgehead atoms. The molecule has 5 nitrogen and oxygen atoms in total. The normalized spacial score (nSPS) is 16.7. The van der Waals surface area contributed by atoms with Crippen LogP contribution in [0.3, 0.4) is 0 Å². The molecule has 1 aliphatic heterocycles. The Labute approximate surface area is 129 Å². The Kier molecular flexibility index (Phi) is 5.85. The predicted molar refractivity (Wildman–Crippen MR) is 81.5 cm³/mol. The lowest BCUT2D eigenvalue weighted by Gasteiger charge is -2.28. The third-order valence-electron chi connectivity index (χ3n) is 3.64. The molecule has 0 aromatic heterocycles. The van der Waals surface area contributed by atoms with Gasteiger partial charge in [0.1, 0.15) is 5.75 Å². The number of nitrogens with zero attached hydrogens (tertiary/aromatic N) is 1. The number of halogens is 1. The van der Waals surface area contributed by atoms with E-state index >= 15 is 0 Å². The van der Waals surface area contributed by atoms with Crippen molar-refractivity contribution >= 4 is 17.5 Å². The minimum atomic E-state index is -0.222. The monoisotopic (exact) mass is 312 g/mol. The molecule has 1 saturated heterocycles. The summed E-state index contributed by atoms with van der Waals surface area (Å²) < 4.78 is 5.25. The minimum absolute atomic E-state index is 0.0339. The SMILES string of the molecule is COc1ccc(Cl)cc1CNC(=O)CN1CCC(O)CC1. The molecule has 1 aliphatic rings. The van der Waals surface area contributed by atoms with Crippen molar-refractivity contribution in [1.29, 1.82) is 0 Å². The van der Waals surface area contributed by atoms with Gasteiger partial charge in [-0.25, -0.2) is 0 Å². The number of hydrogen-bond donors (Lipinski definition) is 2. The van der Waals surface area contributed by atoms with Gasteiger partial charge in [-0.05, 0) is 31.0 Å². The Balaban J connectivity index is 1.82. The van der Waals surface area contributed by atoms with Crippen LogP contribution in [0, 0.1) is 0 Å². The van der Waals surface area contributed by atoms with Gasteiger partial charge in [0.25, 0.3) is 0 Å². The molecule has 0 radical (unpaired) electrons. The van der Waals surface area contributed by atoms with E-state index in [4.69, 9.17) is 16.3 Å². The summed E-state index contributed by atoms with van der Waals surface area (Å²) >= 11 is 5.96. The molecule has 1 heterocycles. The van der Waals surface area contributed by atoms with Gasteiger partial charge in [0, 0.05) is 30.2 Å². The highest BCUT2D eigenvalue weighted by Crippen LogP contribution is 2.22. The molecule has 21 heavy (non-hydrogen) atoms. The van der Waals surface area contributed by atoms with E-state index in [9.17, 15) is 9.90 Å². The smallest absolute Gasteiger partial charge is 0.234 e. The largest absolute Gasteiger partial charge is 0.496 e. The number of ether oxygens (including phenoxy) is 1. The summed E-state index contributed by atoms with van der Waals surface area (Å²) in [7, 11) is 1.59. The number of carbonyl (C=O) groups excluding carboxylic acids is 1. The van der Waals surface area contributed by atoms with Crippen LogP contribution in [0.15, 0.2) is 18.2 Å². The van der Waals surface area contributed by atoms with Crippen molar-refractivity contribution in [3.8, 4) is 5.75 Å². The molecule has 0 spiro atoms. The number of amides is 1. The third-order valence-corrected chi connectivity index (χ3v) is 3.88. The van der Waals surface area contributed by atoms with Crippen molar-refractivity contribution in [2.45, 2.75) is 25.5 Å². The zero-order valence-corrected chi connectivity index (χ0v) is 12.9. The van der Waals surface area contributed by atoms with Crippen molar-refractivity contribution in [3.05, 3.63) is 28.8 Å². The van der Waals surface area contributed by atoms with E-state index < -0.39 is 0 Å². The van der Waals surface area contributed by atoms with E-state index in [0.717, 1.165) is 31.5 Å². The lowest BCUT2D eigenvalue weighted by Crippen LogP contribution is -2.42. The number of hydrogen-bond acceptors (Lipinski definition) is 4. The summed E-state index contributed by atoms with van der Waals surface area (Å²) in [5.41, 5.74) is 0.854. The summed E-state index contributed by atoms with van der Waals surface area (Å²) in [6.07, 6.45) is 1.24. The number of benzene rings is 1. The molecule has 0 aliphatic carbocycles. The van der Waals surface area contributed by atoms with Crippen molar-refractivity contribution < 1.29 is 14.6 Å². The second-order valence-corrected chi connectivity index (χ2v) is 5.68. The maximum Gasteiger partial charge on any atom is 0.234 e. The van der Waals surface area contributed by atoms with Gasteiger partial charge in [-0.1, -0.05) is 11.6 Å². The highest BCUT2D eigenvalue weighted by molar-refractivity contribution is 6.30. The van der Waals surface area contributed by atoms with E-state index in [2.05, 4.69) is 10.2 Å². The molecule has 1 fully saturated rings. The first kappa shape index (κ1) is 16.1. The van der Waals surface area contributed by atoms with Gasteiger partial charge < -0.3 is 15.2 Å². The number of carbonyl (C=O) groups is 1. The third kappa shape index (κ3) is 4.88. The van der Waals surface area contributed by atoms with Crippen molar-refractivity contribution in [2.24, 2.45) is 0 Å². The van der Waals surface area contributed by atoms with E-state index in [0.29, 0.717) is 23.9 Å². The maximum absolute atomic E-state index is 12.0. The molecule has 2 rings (SSSR count). The van der Waals surface area contributed by atoms with Crippen LogP contribution in [0.4, 0.5) is 0 Å². The first-order valence-electron chi connectivity index (χ1n) is 7.08. The van der Waals surface area contributed by atoms with Crippen LogP contribution in [0.5, 0.6) is 5.75 Å². The molecule has 1 aromatic carbocycles. The molecule has 2 N–H and O–H groups in total. The second-order valence-electron chi connectivity index (χ2n) is 5.24. The number of piperidine rings is 1. The number of aliphatic hydroxyl groups excluding tert-OH is 1. The lowest BCUT2D eigenvalue weighted by atomic mass is 10.1. The Morgan fingerprint density at radius 2 is 2.19 bits per heavy atom. The number of nitrogens with one attached hydrogen (secondary N) is 1. The van der Waals surface area contributed by atoms with Crippen LogP contribution in [0.1, 0.15) is 18.4 Å². The average Bonchev–Trinajstić information content (AvgIpc) is 2.48. The van der Waals surface area contributed by atoms with Gasteiger partial charge in [0.2, 0.25) is 5.91 Å². The number of likely N-dealkylation sites (tertiary alicyclic amines) is 1. The zero-order chi connectivity index (χ0) is 15.2. The number of methoxy groups -OCH3 is 1. The van der Waals surface area contributed by atoms with Crippen LogP contribution in [0.2, 0.25) is 5.02 Å². The molecule has 1 amide bonds. The molecule has 0 atom stereocenters. The van der Waals surface area contributed by atoms with Crippen molar-refractivity contribution in [1.82, 2.24) is 10.2 Å². The molecule has 1 aromatic rings. The van der Waals surface area contributed by atoms with E-state index in [-0.39, 0.29) is 12.0 Å². The standard InChI is InChI=1S/C15H21ClN2O3/c1-21-14-3-2-12(16)8-11(14)9-17-15(20)10-18-6-4-13(19)5-7-18/h2-3,8,13,19H,4-7,9-10H2,1H3,(H,17,20). The Bertz CT molecular complexity index is 488. The van der Waals surface area contributed by atoms with Crippen LogP contribution < -0.4 is 10.1 Å². The van der Waals surface area contributed by atoms with Crippen LogP contribution >= 0.6 is 11.6 Å². The van der Waals surface area contributed by atoms with Gasteiger partial charge in [0.05, 0.1) is 19.8 Å². The van der Waals surface area contributed by atoms with E-state index in [1.165, 1.54) is 0 Å². The van der Waals surface area contributed by atoms with Gasteiger partial charge in [-0.3, -0.25) is 9.69 Å². The quantitative estimate of drug-likeness (QED) is 0.863. The fourth-order valence-electron chi connectivity index (χ4n) is 2.42. The highest BCUT2D eigenvalue weighted by Gasteiger charge is 2.18. The Hall–Kier alpha value is -1.30. The van der Waals surface area contributed by atoms with Gasteiger partial charge in [-0.15, -0.1) is 0 Å². The predicted octanol–water partition coefficient (Wildman–Crippen LogP) is 1.42. The first-order chi connectivity index (χ1) is 10.1. The van der Waals surface area contributed by atoms with Crippen LogP contribution in [0.25, 0.3) is 0 Å². The Morgan fingerprint density at radius 3 is 2.86 bits per heavy atom. The van der Waals surface area contributed by atoms with Crippen molar-refractivity contribution in [2.75, 3.05) is 26.7 Å². The molecule has 0 unspecified atom stereocenters. The van der Waals surface area contributed by atoms with Gasteiger partial charge >= 0.3 is 0 Å². The summed E-state index contributed by atoms with van der Waals surface area (Å²) in [5.74, 6) is 0.675. The average molecular weight is 313 g/mol. The van der Waals surface area contributed by atoms with E-state index in [1.54, 1.807) is 25.3 Å². The lowest BCUT2D eigenvalue weighted by molar-refractivity contribution is -0.123.